The predicted molar refractivity (Wildman–Crippen MR) is 103 cm³/mol. The molecule has 0 saturated carbocycles. The van der Waals surface area contributed by atoms with Crippen molar-refractivity contribution in [1.29, 1.82) is 0 Å². The van der Waals surface area contributed by atoms with Gasteiger partial charge in [0.2, 0.25) is 5.91 Å². The number of nitro groups is 1. The van der Waals surface area contributed by atoms with E-state index < -0.39 is 10.2 Å². The molecule has 0 aliphatic rings. The molecule has 0 fully saturated rings. The molecule has 3 aromatic rings. The van der Waals surface area contributed by atoms with Crippen LogP contribution in [0.1, 0.15) is 6.92 Å². The molecular weight excluding hydrogens is 394 g/mol. The second-order valence-corrected chi connectivity index (χ2v) is 7.21. The zero-order valence-corrected chi connectivity index (χ0v) is 15.8. The lowest BCUT2D eigenvalue weighted by atomic mass is 10.2. The van der Waals surface area contributed by atoms with Gasteiger partial charge in [0.15, 0.2) is 5.58 Å². The van der Waals surface area contributed by atoms with Crippen molar-refractivity contribution in [2.75, 3.05) is 12.4 Å². The van der Waals surface area contributed by atoms with E-state index in [0.717, 1.165) is 11.8 Å². The number of nitro benzene ring substituents is 1. The largest absolute Gasteiger partial charge is 0.495 e. The number of benzene rings is 2. The topological polar surface area (TPSA) is 108 Å². The Balaban J connectivity index is 1.75. The van der Waals surface area contributed by atoms with Crippen molar-refractivity contribution in [3.63, 3.8) is 0 Å². The number of methoxy groups -OCH3 is 1. The maximum absolute atomic E-state index is 12.5. The first-order chi connectivity index (χ1) is 12.9. The molecule has 1 heterocycles. The van der Waals surface area contributed by atoms with E-state index in [1.807, 2.05) is 0 Å². The molecule has 1 amide bonds. The molecule has 0 spiro atoms. The molecule has 0 aliphatic carbocycles. The number of ether oxygens (including phenoxy) is 1. The van der Waals surface area contributed by atoms with Gasteiger partial charge in [-0.15, -0.1) is 0 Å². The van der Waals surface area contributed by atoms with Crippen LogP contribution in [0, 0.1) is 10.1 Å². The molecular formula is C17H14ClN3O5S. The lowest BCUT2D eigenvalue weighted by Crippen LogP contribution is -2.22. The number of anilines is 1. The molecule has 27 heavy (non-hydrogen) atoms. The maximum atomic E-state index is 12.5. The van der Waals surface area contributed by atoms with Gasteiger partial charge in [0.1, 0.15) is 11.3 Å². The highest BCUT2D eigenvalue weighted by Gasteiger charge is 2.21. The van der Waals surface area contributed by atoms with E-state index in [0.29, 0.717) is 27.1 Å². The fourth-order valence-electron chi connectivity index (χ4n) is 2.27. The molecule has 0 bridgehead atoms. The first kappa shape index (κ1) is 19.0. The molecule has 1 aromatic heterocycles. The van der Waals surface area contributed by atoms with Crippen molar-refractivity contribution in [2.45, 2.75) is 17.4 Å². The van der Waals surface area contributed by atoms with Crippen LogP contribution in [-0.2, 0) is 4.79 Å². The molecule has 3 rings (SSSR count). The second kappa shape index (κ2) is 7.85. The van der Waals surface area contributed by atoms with Gasteiger partial charge < -0.3 is 14.5 Å². The summed E-state index contributed by atoms with van der Waals surface area (Å²) in [5.74, 6) is -0.0539. The molecule has 8 nitrogen and oxygen atoms in total. The number of hydrogen-bond acceptors (Lipinski definition) is 7. The van der Waals surface area contributed by atoms with Crippen LogP contribution in [-0.4, -0.2) is 28.2 Å². The summed E-state index contributed by atoms with van der Waals surface area (Å²) in [5, 5.41) is 13.9. The Morgan fingerprint density at radius 3 is 2.85 bits per heavy atom. The van der Waals surface area contributed by atoms with Crippen LogP contribution in [0.3, 0.4) is 0 Å². The Morgan fingerprint density at radius 1 is 1.37 bits per heavy atom. The number of non-ortho nitro benzene ring substituents is 1. The third-order valence-corrected chi connectivity index (χ3v) is 4.81. The van der Waals surface area contributed by atoms with Gasteiger partial charge in [0.05, 0.1) is 23.0 Å². The Bertz CT molecular complexity index is 1020. The van der Waals surface area contributed by atoms with Crippen LogP contribution in [0.2, 0.25) is 5.02 Å². The van der Waals surface area contributed by atoms with E-state index in [9.17, 15) is 14.9 Å². The van der Waals surface area contributed by atoms with Crippen LogP contribution in [0.4, 0.5) is 11.4 Å². The average Bonchev–Trinajstić information content (AvgIpc) is 3.02. The summed E-state index contributed by atoms with van der Waals surface area (Å²) >= 11 is 7.04. The highest BCUT2D eigenvalue weighted by molar-refractivity contribution is 8.00. The van der Waals surface area contributed by atoms with Gasteiger partial charge in [0.25, 0.3) is 10.9 Å². The summed E-state index contributed by atoms with van der Waals surface area (Å²) in [6.07, 6.45) is 0. The van der Waals surface area contributed by atoms with Crippen LogP contribution >= 0.6 is 23.4 Å². The number of carbonyl (C=O) groups excluding carboxylic acids is 1. The molecule has 1 atom stereocenters. The lowest BCUT2D eigenvalue weighted by molar-refractivity contribution is -0.384. The number of halogens is 1. The molecule has 140 valence electrons. The fraction of sp³-hybridized carbons (Fsp3) is 0.176. The van der Waals surface area contributed by atoms with E-state index in [4.69, 9.17) is 20.8 Å². The third-order valence-electron chi connectivity index (χ3n) is 3.63. The van der Waals surface area contributed by atoms with Gasteiger partial charge in [-0.2, -0.15) is 0 Å². The van der Waals surface area contributed by atoms with E-state index in [1.165, 1.54) is 25.3 Å². The average molecular weight is 408 g/mol. The highest BCUT2D eigenvalue weighted by atomic mass is 35.5. The SMILES string of the molecule is COc1ccc([N+](=O)[O-])cc1NC(=O)[C@@H](C)Sc1nc2ccc(Cl)cc2o1. The Morgan fingerprint density at radius 2 is 2.15 bits per heavy atom. The second-order valence-electron chi connectivity index (χ2n) is 5.48. The summed E-state index contributed by atoms with van der Waals surface area (Å²) in [6, 6.07) is 9.05. The zero-order valence-electron chi connectivity index (χ0n) is 14.3. The molecule has 0 saturated heterocycles. The number of rotatable bonds is 6. The van der Waals surface area contributed by atoms with E-state index in [1.54, 1.807) is 25.1 Å². The first-order valence-corrected chi connectivity index (χ1v) is 8.99. The minimum absolute atomic E-state index is 0.151. The van der Waals surface area contributed by atoms with Crippen molar-refractivity contribution < 1.29 is 18.9 Å². The summed E-state index contributed by atoms with van der Waals surface area (Å²) in [6.45, 7) is 1.67. The fourth-order valence-corrected chi connectivity index (χ4v) is 3.19. The summed E-state index contributed by atoms with van der Waals surface area (Å²) in [5.41, 5.74) is 1.23. The lowest BCUT2D eigenvalue weighted by Gasteiger charge is -2.12. The molecule has 2 aromatic carbocycles. The van der Waals surface area contributed by atoms with Crippen molar-refractivity contribution in [3.8, 4) is 5.75 Å². The van der Waals surface area contributed by atoms with Gasteiger partial charge in [-0.25, -0.2) is 4.98 Å². The minimum atomic E-state index is -0.572. The van der Waals surface area contributed by atoms with Crippen LogP contribution < -0.4 is 10.1 Å². The smallest absolute Gasteiger partial charge is 0.271 e. The standard InChI is InChI=1S/C17H14ClN3O5S/c1-9(27-17-20-12-5-3-10(18)7-15(12)26-17)16(22)19-13-8-11(21(23)24)4-6-14(13)25-2/h3-9H,1-2H3,(H,19,22)/t9-/m1/s1. The summed E-state index contributed by atoms with van der Waals surface area (Å²) < 4.78 is 10.7. The van der Waals surface area contributed by atoms with Crippen LogP contribution in [0.25, 0.3) is 11.1 Å². The molecule has 0 radical (unpaired) electrons. The van der Waals surface area contributed by atoms with Gasteiger partial charge >= 0.3 is 0 Å². The predicted octanol–water partition coefficient (Wildman–Crippen LogP) is 4.52. The third kappa shape index (κ3) is 4.32. The van der Waals surface area contributed by atoms with Crippen molar-refractivity contribution in [2.24, 2.45) is 0 Å². The van der Waals surface area contributed by atoms with Crippen molar-refractivity contribution in [3.05, 3.63) is 51.5 Å². The molecule has 1 N–H and O–H groups in total. The number of aromatic nitrogens is 1. The van der Waals surface area contributed by atoms with Gasteiger partial charge in [0, 0.05) is 23.2 Å². The number of nitrogens with one attached hydrogen (secondary N) is 1. The number of carbonyl (C=O) groups is 1. The normalized spacial score (nSPS) is 12.0. The summed E-state index contributed by atoms with van der Waals surface area (Å²) in [7, 11) is 1.42. The van der Waals surface area contributed by atoms with Gasteiger partial charge in [-0.1, -0.05) is 23.4 Å². The number of nitrogens with zero attached hydrogens (tertiary/aromatic N) is 2. The Hall–Kier alpha value is -2.78. The quantitative estimate of drug-likeness (QED) is 0.363. The highest BCUT2D eigenvalue weighted by Crippen LogP contribution is 2.31. The number of fused-ring (bicyclic) bond motifs is 1. The maximum Gasteiger partial charge on any atom is 0.271 e. The number of amides is 1. The van der Waals surface area contributed by atoms with Gasteiger partial charge in [-0.05, 0) is 25.1 Å². The van der Waals surface area contributed by atoms with Crippen LogP contribution in [0.5, 0.6) is 5.75 Å². The zero-order chi connectivity index (χ0) is 19.6. The van der Waals surface area contributed by atoms with Crippen molar-refractivity contribution >= 4 is 51.7 Å². The molecule has 0 unspecified atom stereocenters. The molecule has 10 heteroatoms. The Labute approximate surface area is 163 Å². The van der Waals surface area contributed by atoms with Crippen LogP contribution in [0.15, 0.2) is 46.0 Å². The van der Waals surface area contributed by atoms with E-state index >= 15 is 0 Å². The molecule has 0 aliphatic heterocycles. The first-order valence-electron chi connectivity index (χ1n) is 7.73. The summed E-state index contributed by atoms with van der Waals surface area (Å²) in [4.78, 5) is 27.2. The van der Waals surface area contributed by atoms with E-state index in [-0.39, 0.29) is 17.3 Å². The number of oxazole rings is 1. The van der Waals surface area contributed by atoms with Gasteiger partial charge in [-0.3, -0.25) is 14.9 Å². The van der Waals surface area contributed by atoms with E-state index in [2.05, 4.69) is 10.3 Å². The number of hydrogen-bond donors (Lipinski definition) is 1. The minimum Gasteiger partial charge on any atom is -0.495 e. The number of thioether (sulfide) groups is 1. The van der Waals surface area contributed by atoms with Crippen molar-refractivity contribution in [1.82, 2.24) is 4.98 Å². The Kier molecular flexibility index (Phi) is 5.52. The monoisotopic (exact) mass is 407 g/mol.